The van der Waals surface area contributed by atoms with Crippen LogP contribution < -0.4 is 4.74 Å². The van der Waals surface area contributed by atoms with Crippen LogP contribution in [0.15, 0.2) is 6.08 Å². The first-order valence-corrected chi connectivity index (χ1v) is 31.4. The largest absolute Gasteiger partial charge is 0.512 e. The van der Waals surface area contributed by atoms with Gasteiger partial charge in [0, 0.05) is 31.3 Å². The molecule has 0 spiro atoms. The molecule has 0 amide bonds. The van der Waals surface area contributed by atoms with Crippen LogP contribution in [0.2, 0.25) is 0 Å². The van der Waals surface area contributed by atoms with E-state index < -0.39 is 18.2 Å². The highest BCUT2D eigenvalue weighted by atomic mass is 32.1. The van der Waals surface area contributed by atoms with E-state index in [9.17, 15) is 19.2 Å². The number of quaternary nitrogens is 1. The molecule has 0 saturated heterocycles. The number of hydrogen-bond donors (Lipinski definition) is 0. The Kier molecular flexibility index (Phi) is 40.4. The molecule has 1 atom stereocenters. The second kappa shape index (κ2) is 44.7. The summed E-state index contributed by atoms with van der Waals surface area (Å²) in [4.78, 5) is 51.3. The lowest BCUT2D eigenvalue weighted by atomic mass is 9.88. The first-order chi connectivity index (χ1) is 36.4. The highest BCUT2D eigenvalue weighted by molar-refractivity contribution is 6.99. The smallest absolute Gasteiger partial charge is 0.475 e. The van der Waals surface area contributed by atoms with Gasteiger partial charge >= 0.3 is 24.1 Å². The van der Waals surface area contributed by atoms with Crippen LogP contribution in [0.3, 0.4) is 0 Å². The number of hydrogen-bond acceptors (Lipinski definition) is 13. The van der Waals surface area contributed by atoms with Crippen molar-refractivity contribution in [2.75, 3.05) is 53.3 Å². The number of ether oxygens (including phenoxy) is 6. The van der Waals surface area contributed by atoms with E-state index in [4.69, 9.17) is 28.4 Å². The minimum absolute atomic E-state index is 0.137. The molecule has 2 heterocycles. The predicted octanol–water partition coefficient (Wildman–Crippen LogP) is 16.8. The number of carbonyl (C=O) groups is 4. The average molecular weight is 1080 g/mol. The van der Waals surface area contributed by atoms with E-state index in [0.29, 0.717) is 42.8 Å². The molecule has 0 radical (unpaired) electrons. The van der Waals surface area contributed by atoms with Crippen LogP contribution in [0.4, 0.5) is 4.79 Å². The van der Waals surface area contributed by atoms with Crippen LogP contribution in [0.5, 0.6) is 5.88 Å². The highest BCUT2D eigenvalue weighted by Gasteiger charge is 2.32. The van der Waals surface area contributed by atoms with Crippen molar-refractivity contribution in [1.82, 2.24) is 8.75 Å². The summed E-state index contributed by atoms with van der Waals surface area (Å²) >= 11 is 1.16. The third-order valence-corrected chi connectivity index (χ3v) is 15.1. The van der Waals surface area contributed by atoms with Crippen LogP contribution in [-0.4, -0.2) is 96.7 Å². The van der Waals surface area contributed by atoms with E-state index >= 15 is 0 Å². The van der Waals surface area contributed by atoms with Crippen molar-refractivity contribution >= 4 is 41.4 Å². The Hall–Kier alpha value is -3.26. The zero-order chi connectivity index (χ0) is 54.5. The van der Waals surface area contributed by atoms with Gasteiger partial charge in [-0.15, -0.1) is 4.37 Å². The van der Waals surface area contributed by atoms with Gasteiger partial charge in [0.25, 0.3) is 5.88 Å². The van der Waals surface area contributed by atoms with Crippen molar-refractivity contribution in [3.05, 3.63) is 11.8 Å². The van der Waals surface area contributed by atoms with Crippen LogP contribution >= 0.6 is 11.7 Å². The van der Waals surface area contributed by atoms with Gasteiger partial charge in [-0.1, -0.05) is 227 Å². The van der Waals surface area contributed by atoms with Crippen molar-refractivity contribution < 1.29 is 52.1 Å². The lowest BCUT2D eigenvalue weighted by Crippen LogP contribution is -2.49. The van der Waals surface area contributed by atoms with Gasteiger partial charge in [-0.05, 0) is 37.5 Å². The standard InChI is InChI=1S/C61H110N3O10S/c1-7-10-13-16-18-20-22-24-26-28-30-32-35-42-55(65)70-49-54(50-71-56(66)43-36-33-31-29-27-25-23-21-19-17-14-11-8-2)74-57(67)44-37-34-38-45-61(4,5)51-72-60(68)73-52-64(6)46-40-41-53(48-64)58-59(63-75-62-58)69-47-39-15-12-9-3/h41,54H,7-40,42-52H2,1-6H3/q+1. The van der Waals surface area contributed by atoms with Gasteiger partial charge in [-0.3, -0.25) is 18.9 Å². The number of esters is 3. The summed E-state index contributed by atoms with van der Waals surface area (Å²) in [6, 6.07) is 0. The molecule has 75 heavy (non-hydrogen) atoms. The maximum atomic E-state index is 13.1. The summed E-state index contributed by atoms with van der Waals surface area (Å²) in [5, 5.41) is 0. The number of nitrogens with zero attached hydrogens (tertiary/aromatic N) is 3. The van der Waals surface area contributed by atoms with Crippen LogP contribution in [-0.2, 0) is 38.1 Å². The van der Waals surface area contributed by atoms with Gasteiger partial charge in [-0.2, -0.15) is 4.37 Å². The molecule has 2 rings (SSSR count). The SMILES string of the molecule is CCCCCCCCCCCCCCCC(=O)OCC(COC(=O)CCCCCCCCCCCCCCC)OC(=O)CCCCCC(C)(C)COC(=O)OC[N+]1(C)CCC=C(c2nsnc2OCCCCCC)C1. The zero-order valence-corrected chi connectivity index (χ0v) is 49.6. The van der Waals surface area contributed by atoms with Gasteiger partial charge in [0.15, 0.2) is 6.10 Å². The first-order valence-electron chi connectivity index (χ1n) is 30.7. The minimum atomic E-state index is -0.856. The molecule has 0 aromatic carbocycles. The van der Waals surface area contributed by atoms with Crippen molar-refractivity contribution in [3.63, 3.8) is 0 Å². The summed E-state index contributed by atoms with van der Waals surface area (Å²) in [5.74, 6) is -0.464. The average Bonchev–Trinajstić information content (AvgIpc) is 3.87. The lowest BCUT2D eigenvalue weighted by Gasteiger charge is -2.36. The van der Waals surface area contributed by atoms with Crippen molar-refractivity contribution in [2.45, 2.75) is 285 Å². The molecule has 434 valence electrons. The van der Waals surface area contributed by atoms with Gasteiger partial charge in [0.05, 0.1) is 31.9 Å². The van der Waals surface area contributed by atoms with Gasteiger partial charge in [-0.25, -0.2) is 4.79 Å². The fourth-order valence-electron chi connectivity index (χ4n) is 9.63. The topological polar surface area (TPSA) is 149 Å². The Balaban J connectivity index is 1.70. The number of carbonyl (C=O) groups excluding carboxylic acids is 4. The summed E-state index contributed by atoms with van der Waals surface area (Å²) in [7, 11) is 2.07. The molecule has 0 fully saturated rings. The maximum Gasteiger partial charge on any atom is 0.512 e. The van der Waals surface area contributed by atoms with E-state index in [-0.39, 0.29) is 50.3 Å². The van der Waals surface area contributed by atoms with Crippen LogP contribution in [0, 0.1) is 5.41 Å². The highest BCUT2D eigenvalue weighted by Crippen LogP contribution is 2.31. The van der Waals surface area contributed by atoms with Crippen molar-refractivity contribution in [3.8, 4) is 5.88 Å². The Morgan fingerprint density at radius 1 is 0.560 bits per heavy atom. The third-order valence-electron chi connectivity index (χ3n) is 14.5. The fraction of sp³-hybridized carbons (Fsp3) is 0.869. The van der Waals surface area contributed by atoms with Gasteiger partial charge in [0.2, 0.25) is 6.73 Å². The second-order valence-electron chi connectivity index (χ2n) is 22.8. The van der Waals surface area contributed by atoms with E-state index in [1.165, 1.54) is 141 Å². The van der Waals surface area contributed by atoms with Crippen LogP contribution in [0.1, 0.15) is 284 Å². The third kappa shape index (κ3) is 37.2. The van der Waals surface area contributed by atoms with Gasteiger partial charge < -0.3 is 28.4 Å². The van der Waals surface area contributed by atoms with E-state index in [2.05, 4.69) is 56.5 Å². The van der Waals surface area contributed by atoms with Crippen molar-refractivity contribution in [2.24, 2.45) is 5.41 Å². The normalized spacial score (nSPS) is 14.7. The number of unbranched alkanes of at least 4 members (excludes halogenated alkanes) is 29. The Labute approximate surface area is 461 Å². The molecule has 0 bridgehead atoms. The molecule has 0 aliphatic carbocycles. The first kappa shape index (κ1) is 67.8. The van der Waals surface area contributed by atoms with Gasteiger partial charge in [0.1, 0.15) is 32.1 Å². The molecule has 0 N–H and O–H groups in total. The molecule has 1 unspecified atom stereocenters. The summed E-state index contributed by atoms with van der Waals surface area (Å²) in [6.45, 7) is 13.0. The predicted molar refractivity (Wildman–Crippen MR) is 305 cm³/mol. The Morgan fingerprint density at radius 3 is 1.49 bits per heavy atom. The monoisotopic (exact) mass is 1080 g/mol. The van der Waals surface area contributed by atoms with E-state index in [1.54, 1.807) is 0 Å². The molecule has 1 aliphatic rings. The Morgan fingerprint density at radius 2 is 1.00 bits per heavy atom. The lowest BCUT2D eigenvalue weighted by molar-refractivity contribution is -0.919. The Bertz CT molecular complexity index is 1590. The zero-order valence-electron chi connectivity index (χ0n) is 48.8. The number of rotatable bonds is 50. The number of aromatic nitrogens is 2. The summed E-state index contributed by atoms with van der Waals surface area (Å²) in [6.07, 6.45) is 41.8. The quantitative estimate of drug-likeness (QED) is 0.0264. The second-order valence-corrected chi connectivity index (χ2v) is 23.4. The molecule has 1 aromatic heterocycles. The van der Waals surface area contributed by atoms with Crippen molar-refractivity contribution in [1.29, 1.82) is 0 Å². The van der Waals surface area contributed by atoms with E-state index in [1.807, 2.05) is 0 Å². The fourth-order valence-corrected chi connectivity index (χ4v) is 10.2. The maximum absolute atomic E-state index is 13.1. The van der Waals surface area contributed by atoms with E-state index in [0.717, 1.165) is 107 Å². The summed E-state index contributed by atoms with van der Waals surface area (Å²) < 4.78 is 43.6. The molecular formula is C61H110N3O10S+. The molecule has 14 heteroatoms. The molecule has 0 saturated carbocycles. The molecule has 1 aliphatic heterocycles. The number of likely N-dealkylation sites (N-methyl/N-ethyl adjacent to an activating group) is 1. The summed E-state index contributed by atoms with van der Waals surface area (Å²) in [5.41, 5.74) is 1.55. The van der Waals surface area contributed by atoms with Crippen LogP contribution in [0.25, 0.3) is 5.57 Å². The molecular weight excluding hydrogens is 967 g/mol. The minimum Gasteiger partial charge on any atom is -0.475 e. The molecule has 13 nitrogen and oxygen atoms in total. The molecule has 1 aromatic rings.